The zero-order valence-corrected chi connectivity index (χ0v) is 12.3. The van der Waals surface area contributed by atoms with Gasteiger partial charge in [-0.25, -0.2) is 4.39 Å². The highest BCUT2D eigenvalue weighted by atomic mass is 35.5. The summed E-state index contributed by atoms with van der Waals surface area (Å²) in [5.41, 5.74) is 5.76. The van der Waals surface area contributed by atoms with E-state index < -0.39 is 5.82 Å². The minimum Gasteiger partial charge on any atom is -0.271 e. The molecule has 110 valence electrons. The van der Waals surface area contributed by atoms with Gasteiger partial charge in [-0.2, -0.15) is 0 Å². The fourth-order valence-corrected chi connectivity index (χ4v) is 3.40. The zero-order chi connectivity index (χ0) is 14.8. The lowest BCUT2D eigenvalue weighted by molar-refractivity contribution is 0.398. The first kappa shape index (κ1) is 14.4. The van der Waals surface area contributed by atoms with Crippen LogP contribution in [0.4, 0.5) is 4.39 Å². The van der Waals surface area contributed by atoms with Gasteiger partial charge in [-0.05, 0) is 42.5 Å². The minimum atomic E-state index is -0.425. The van der Waals surface area contributed by atoms with Crippen molar-refractivity contribution in [2.75, 3.05) is 0 Å². The summed E-state index contributed by atoms with van der Waals surface area (Å²) in [5.74, 6) is 5.42. The van der Waals surface area contributed by atoms with Crippen LogP contribution in [-0.4, -0.2) is 4.98 Å². The molecule has 3 N–H and O–H groups in total. The van der Waals surface area contributed by atoms with Crippen LogP contribution in [0.2, 0.25) is 5.02 Å². The average Bonchev–Trinajstić information content (AvgIpc) is 2.52. The number of hydrazine groups is 1. The number of nitrogens with two attached hydrogens (primary N) is 1. The summed E-state index contributed by atoms with van der Waals surface area (Å²) in [4.78, 5) is 4.51. The molecule has 3 rings (SSSR count). The van der Waals surface area contributed by atoms with E-state index in [1.165, 1.54) is 11.6 Å². The van der Waals surface area contributed by atoms with Crippen LogP contribution in [0.15, 0.2) is 36.5 Å². The van der Waals surface area contributed by atoms with E-state index in [1.54, 1.807) is 12.3 Å². The van der Waals surface area contributed by atoms with E-state index in [-0.39, 0.29) is 17.0 Å². The first-order chi connectivity index (χ1) is 10.2. The number of aromatic nitrogens is 1. The Balaban J connectivity index is 2.04. The lowest BCUT2D eigenvalue weighted by Crippen LogP contribution is -2.34. The Hall–Kier alpha value is -1.49. The van der Waals surface area contributed by atoms with Crippen LogP contribution in [0, 0.1) is 5.82 Å². The standard InChI is InChI=1S/C16H17ClFN3/c17-14-11(6-2-8-13(14)18)16(21-19)12-7-1-4-10-5-3-9-20-15(10)12/h2-3,5-6,8-9,12,16,21H,1,4,7,19H2. The number of nitrogens with zero attached hydrogens (tertiary/aromatic N) is 1. The summed E-state index contributed by atoms with van der Waals surface area (Å²) >= 11 is 6.12. The van der Waals surface area contributed by atoms with E-state index in [2.05, 4.69) is 16.5 Å². The van der Waals surface area contributed by atoms with Crippen molar-refractivity contribution in [3.63, 3.8) is 0 Å². The molecule has 0 saturated heterocycles. The SMILES string of the molecule is NNC(c1cccc(F)c1Cl)C1CCCc2cccnc21. The predicted octanol–water partition coefficient (Wildman–Crippen LogP) is 3.50. The van der Waals surface area contributed by atoms with Crippen molar-refractivity contribution in [1.82, 2.24) is 10.4 Å². The maximum absolute atomic E-state index is 13.7. The van der Waals surface area contributed by atoms with Crippen molar-refractivity contribution in [2.45, 2.75) is 31.2 Å². The van der Waals surface area contributed by atoms with Crippen LogP contribution in [0.25, 0.3) is 0 Å². The molecule has 0 saturated carbocycles. The van der Waals surface area contributed by atoms with Gasteiger partial charge in [0.25, 0.3) is 0 Å². The highest BCUT2D eigenvalue weighted by Gasteiger charge is 2.31. The van der Waals surface area contributed by atoms with Crippen LogP contribution < -0.4 is 11.3 Å². The van der Waals surface area contributed by atoms with Crippen LogP contribution in [-0.2, 0) is 6.42 Å². The summed E-state index contributed by atoms with van der Waals surface area (Å²) in [5, 5.41) is 0.128. The van der Waals surface area contributed by atoms with E-state index in [4.69, 9.17) is 17.4 Å². The summed E-state index contributed by atoms with van der Waals surface area (Å²) in [6.07, 6.45) is 4.83. The molecule has 1 aliphatic rings. The molecule has 2 aromatic rings. The van der Waals surface area contributed by atoms with Gasteiger partial charge in [-0.1, -0.05) is 29.8 Å². The number of hydrogen-bond acceptors (Lipinski definition) is 3. The highest BCUT2D eigenvalue weighted by molar-refractivity contribution is 6.31. The molecule has 1 aromatic heterocycles. The van der Waals surface area contributed by atoms with Crippen LogP contribution in [0.5, 0.6) is 0 Å². The largest absolute Gasteiger partial charge is 0.271 e. The topological polar surface area (TPSA) is 50.9 Å². The molecule has 0 bridgehead atoms. The zero-order valence-electron chi connectivity index (χ0n) is 11.5. The number of pyridine rings is 1. The van der Waals surface area contributed by atoms with Gasteiger partial charge < -0.3 is 0 Å². The third-order valence-electron chi connectivity index (χ3n) is 4.14. The maximum atomic E-state index is 13.7. The molecule has 2 atom stereocenters. The van der Waals surface area contributed by atoms with E-state index in [9.17, 15) is 4.39 Å². The first-order valence-corrected chi connectivity index (χ1v) is 7.44. The molecule has 1 aliphatic carbocycles. The molecule has 0 amide bonds. The van der Waals surface area contributed by atoms with E-state index >= 15 is 0 Å². The highest BCUT2D eigenvalue weighted by Crippen LogP contribution is 2.41. The van der Waals surface area contributed by atoms with Gasteiger partial charge in [0.1, 0.15) is 5.82 Å². The van der Waals surface area contributed by atoms with Crippen molar-refractivity contribution in [2.24, 2.45) is 5.84 Å². The second-order valence-electron chi connectivity index (χ2n) is 5.33. The van der Waals surface area contributed by atoms with Gasteiger partial charge in [0.2, 0.25) is 0 Å². The molecule has 0 radical (unpaired) electrons. The van der Waals surface area contributed by atoms with E-state index in [0.717, 1.165) is 25.0 Å². The first-order valence-electron chi connectivity index (χ1n) is 7.06. The lowest BCUT2D eigenvalue weighted by atomic mass is 9.80. The molecule has 0 aliphatic heterocycles. The summed E-state index contributed by atoms with van der Waals surface area (Å²) in [6, 6.07) is 8.61. The van der Waals surface area contributed by atoms with Crippen LogP contribution in [0.3, 0.4) is 0 Å². The molecule has 1 aromatic carbocycles. The molecule has 0 fully saturated rings. The third-order valence-corrected chi connectivity index (χ3v) is 4.54. The van der Waals surface area contributed by atoms with Crippen LogP contribution in [0.1, 0.15) is 41.6 Å². The molecule has 3 nitrogen and oxygen atoms in total. The average molecular weight is 306 g/mol. The molecule has 5 heteroatoms. The Bertz CT molecular complexity index is 647. The molecule has 0 spiro atoms. The number of rotatable bonds is 3. The Labute approximate surface area is 128 Å². The number of aryl methyl sites for hydroxylation is 1. The third kappa shape index (κ3) is 2.67. The fourth-order valence-electron chi connectivity index (χ4n) is 3.15. The van der Waals surface area contributed by atoms with Crippen molar-refractivity contribution < 1.29 is 4.39 Å². The van der Waals surface area contributed by atoms with Crippen molar-refractivity contribution in [3.05, 3.63) is 64.2 Å². The lowest BCUT2D eigenvalue weighted by Gasteiger charge is -2.31. The normalized spacial score (nSPS) is 19.1. The number of hydrogen-bond donors (Lipinski definition) is 2. The Morgan fingerprint density at radius 1 is 1.33 bits per heavy atom. The number of benzene rings is 1. The second-order valence-corrected chi connectivity index (χ2v) is 5.71. The molecule has 1 heterocycles. The van der Waals surface area contributed by atoms with Gasteiger partial charge in [-0.3, -0.25) is 16.3 Å². The van der Waals surface area contributed by atoms with Gasteiger partial charge in [0.15, 0.2) is 0 Å². The smallest absolute Gasteiger partial charge is 0.142 e. The van der Waals surface area contributed by atoms with Crippen molar-refractivity contribution in [1.29, 1.82) is 0 Å². The Morgan fingerprint density at radius 2 is 2.19 bits per heavy atom. The number of nitrogens with one attached hydrogen (secondary N) is 1. The van der Waals surface area contributed by atoms with Gasteiger partial charge in [-0.15, -0.1) is 0 Å². The number of fused-ring (bicyclic) bond motifs is 1. The molecular formula is C16H17ClFN3. The molecular weight excluding hydrogens is 289 g/mol. The number of halogens is 2. The van der Waals surface area contributed by atoms with Gasteiger partial charge in [0, 0.05) is 17.8 Å². The minimum absolute atomic E-state index is 0.0965. The monoisotopic (exact) mass is 305 g/mol. The van der Waals surface area contributed by atoms with Crippen molar-refractivity contribution >= 4 is 11.6 Å². The summed E-state index contributed by atoms with van der Waals surface area (Å²) in [7, 11) is 0. The molecule has 2 unspecified atom stereocenters. The van der Waals surface area contributed by atoms with E-state index in [1.807, 2.05) is 12.1 Å². The van der Waals surface area contributed by atoms with Gasteiger partial charge >= 0.3 is 0 Å². The predicted molar refractivity (Wildman–Crippen MR) is 81.4 cm³/mol. The maximum Gasteiger partial charge on any atom is 0.142 e. The second kappa shape index (κ2) is 6.10. The quantitative estimate of drug-likeness (QED) is 0.674. The Morgan fingerprint density at radius 3 is 3.00 bits per heavy atom. The summed E-state index contributed by atoms with van der Waals surface area (Å²) in [6.45, 7) is 0. The van der Waals surface area contributed by atoms with Crippen molar-refractivity contribution in [3.8, 4) is 0 Å². The fraction of sp³-hybridized carbons (Fsp3) is 0.312. The summed E-state index contributed by atoms with van der Waals surface area (Å²) < 4.78 is 13.7. The molecule has 21 heavy (non-hydrogen) atoms. The van der Waals surface area contributed by atoms with Crippen LogP contribution >= 0.6 is 11.6 Å². The van der Waals surface area contributed by atoms with E-state index in [0.29, 0.717) is 5.56 Å². The Kier molecular flexibility index (Phi) is 4.19. The van der Waals surface area contributed by atoms with Gasteiger partial charge in [0.05, 0.1) is 11.1 Å².